The van der Waals surface area contributed by atoms with Crippen molar-refractivity contribution in [2.45, 2.75) is 18.3 Å². The fraction of sp³-hybridized carbons (Fsp3) is 0.125. The molecule has 0 amide bonds. The van der Waals surface area contributed by atoms with Crippen LogP contribution in [0.25, 0.3) is 12.2 Å². The first kappa shape index (κ1) is 21.9. The molecule has 2 atom stereocenters. The fourth-order valence-corrected chi connectivity index (χ4v) is 4.15. The van der Waals surface area contributed by atoms with Crippen LogP contribution in [0.4, 0.5) is 0 Å². The van der Waals surface area contributed by atoms with Crippen LogP contribution in [0.1, 0.15) is 40.5 Å². The average Bonchev–Trinajstić information content (AvgIpc) is 3.26. The van der Waals surface area contributed by atoms with E-state index in [4.69, 9.17) is 0 Å². The molecule has 1 radical (unpaired) electrons. The molecule has 3 heteroatoms. The first-order valence-electron chi connectivity index (χ1n) is 8.68. The second-order valence-electron chi connectivity index (χ2n) is 6.75. The Morgan fingerprint density at radius 1 is 0.741 bits per heavy atom. The summed E-state index contributed by atoms with van der Waals surface area (Å²) in [6, 6.07) is 17.5. The summed E-state index contributed by atoms with van der Waals surface area (Å²) in [5, 5.41) is 0. The number of benzene rings is 2. The summed E-state index contributed by atoms with van der Waals surface area (Å²) < 4.78 is 0. The molecule has 0 aliphatic heterocycles. The summed E-state index contributed by atoms with van der Waals surface area (Å²) in [5.74, 6) is 2.36. The van der Waals surface area contributed by atoms with Crippen LogP contribution in [0.2, 0.25) is 0 Å². The van der Waals surface area contributed by atoms with Gasteiger partial charge in [-0.25, -0.2) is 18.1 Å². The quantitative estimate of drug-likeness (QED) is 0.472. The van der Waals surface area contributed by atoms with E-state index in [2.05, 4.69) is 91.1 Å². The van der Waals surface area contributed by atoms with Gasteiger partial charge in [0.25, 0.3) is 0 Å². The number of hydrogen-bond acceptors (Lipinski definition) is 0. The Balaban J connectivity index is 0.000000871. The Kier molecular flexibility index (Phi) is 7.43. The molecule has 0 N–H and O–H groups in total. The molecule has 2 aromatic rings. The Labute approximate surface area is 188 Å². The van der Waals surface area contributed by atoms with Gasteiger partial charge in [0.15, 0.2) is 0 Å². The van der Waals surface area contributed by atoms with E-state index in [0.29, 0.717) is 11.8 Å². The van der Waals surface area contributed by atoms with Crippen LogP contribution in [0, 0.1) is 5.92 Å². The molecule has 3 aliphatic rings. The van der Waals surface area contributed by atoms with Gasteiger partial charge in [0, 0.05) is 5.92 Å². The number of rotatable bonds is 2. The van der Waals surface area contributed by atoms with Crippen molar-refractivity contribution in [3.05, 3.63) is 113 Å². The SMILES string of the molecule is C1=C[C-](C2C=Cc3ccccc32)CC=C1C1C=Cc2ccccc21.[Cl-].[Cl-].[Ti+3]. The molecule has 0 bridgehead atoms. The number of hydrogen-bond donors (Lipinski definition) is 0. The Hall–Kier alpha value is -1.44. The van der Waals surface area contributed by atoms with Crippen LogP contribution in [0.3, 0.4) is 0 Å². The molecule has 0 fully saturated rings. The van der Waals surface area contributed by atoms with Gasteiger partial charge in [-0.05, 0) is 28.2 Å². The van der Waals surface area contributed by atoms with Crippen LogP contribution in [-0.4, -0.2) is 0 Å². The van der Waals surface area contributed by atoms with Gasteiger partial charge in [-0.2, -0.15) is 0 Å². The van der Waals surface area contributed by atoms with Crippen LogP contribution in [0.15, 0.2) is 84.5 Å². The van der Waals surface area contributed by atoms with Gasteiger partial charge in [-0.3, -0.25) is 0 Å². The van der Waals surface area contributed by atoms with Crippen molar-refractivity contribution in [1.82, 2.24) is 0 Å². The molecule has 0 aromatic heterocycles. The van der Waals surface area contributed by atoms with Gasteiger partial charge < -0.3 is 24.8 Å². The zero-order chi connectivity index (χ0) is 15.9. The molecule has 3 aliphatic carbocycles. The molecule has 133 valence electrons. The van der Waals surface area contributed by atoms with Gasteiger partial charge in [0.1, 0.15) is 0 Å². The van der Waals surface area contributed by atoms with E-state index in [1.165, 1.54) is 33.7 Å². The summed E-state index contributed by atoms with van der Waals surface area (Å²) in [5.41, 5.74) is 7.03. The molecule has 0 saturated heterocycles. The van der Waals surface area contributed by atoms with Crippen LogP contribution < -0.4 is 24.8 Å². The maximum atomic E-state index is 2.42. The third-order valence-corrected chi connectivity index (χ3v) is 5.42. The summed E-state index contributed by atoms with van der Waals surface area (Å²) in [7, 11) is 0. The van der Waals surface area contributed by atoms with Crippen LogP contribution in [-0.2, 0) is 21.7 Å². The molecule has 0 saturated carbocycles. The first-order valence-corrected chi connectivity index (χ1v) is 8.68. The van der Waals surface area contributed by atoms with Gasteiger partial charge in [0.05, 0.1) is 0 Å². The molecule has 0 heterocycles. The Bertz CT molecular complexity index is 923. The summed E-state index contributed by atoms with van der Waals surface area (Å²) >= 11 is 0. The summed E-state index contributed by atoms with van der Waals surface area (Å²) in [6.45, 7) is 0. The van der Waals surface area contributed by atoms with Crippen molar-refractivity contribution in [2.75, 3.05) is 0 Å². The molecule has 2 aromatic carbocycles. The number of fused-ring (bicyclic) bond motifs is 2. The zero-order valence-electron chi connectivity index (χ0n) is 14.8. The van der Waals surface area contributed by atoms with Crippen molar-refractivity contribution < 1.29 is 46.5 Å². The molecular weight excluding hydrogens is 407 g/mol. The van der Waals surface area contributed by atoms with Gasteiger partial charge >= 0.3 is 21.7 Å². The summed E-state index contributed by atoms with van der Waals surface area (Å²) in [4.78, 5) is 0. The molecular formula is C24H19Cl2Ti. The molecule has 2 unspecified atom stereocenters. The molecule has 5 rings (SSSR count). The van der Waals surface area contributed by atoms with E-state index in [0.717, 1.165) is 6.42 Å². The maximum absolute atomic E-state index is 2.42. The van der Waals surface area contributed by atoms with Crippen molar-refractivity contribution in [2.24, 2.45) is 0 Å². The van der Waals surface area contributed by atoms with Gasteiger partial charge in [-0.15, -0.1) is 11.6 Å². The minimum atomic E-state index is 0. The second-order valence-corrected chi connectivity index (χ2v) is 6.75. The van der Waals surface area contributed by atoms with E-state index in [1.54, 1.807) is 0 Å². The standard InChI is InChI=1S/C24H19.2ClH.Ti/c1-3-7-21-17(5-1)13-15-23(21)19-9-11-20(12-10-19)24-16-14-18-6-2-4-8-22(18)24;;;/h1-11,13-16,23-24H,12H2;2*1H;/q-1;;;+3/p-2. The average molecular weight is 426 g/mol. The van der Waals surface area contributed by atoms with Crippen molar-refractivity contribution >= 4 is 12.2 Å². The largest absolute Gasteiger partial charge is 3.00 e. The third-order valence-electron chi connectivity index (χ3n) is 5.42. The van der Waals surface area contributed by atoms with Gasteiger partial charge in [-0.1, -0.05) is 79.3 Å². The minimum Gasteiger partial charge on any atom is -1.00 e. The molecule has 0 spiro atoms. The van der Waals surface area contributed by atoms with Crippen molar-refractivity contribution in [1.29, 1.82) is 0 Å². The molecule has 0 nitrogen and oxygen atoms in total. The topological polar surface area (TPSA) is 0 Å². The summed E-state index contributed by atoms with van der Waals surface area (Å²) in [6.07, 6.45) is 17.3. The first-order chi connectivity index (χ1) is 11.9. The second kappa shape index (κ2) is 9.17. The van der Waals surface area contributed by atoms with Gasteiger partial charge in [0.2, 0.25) is 0 Å². The van der Waals surface area contributed by atoms with E-state index in [9.17, 15) is 0 Å². The Morgan fingerprint density at radius 3 is 2.07 bits per heavy atom. The number of halogens is 2. The predicted molar refractivity (Wildman–Crippen MR) is 102 cm³/mol. The predicted octanol–water partition coefficient (Wildman–Crippen LogP) is 0.0739. The molecule has 27 heavy (non-hydrogen) atoms. The van der Waals surface area contributed by atoms with E-state index < -0.39 is 0 Å². The fourth-order valence-electron chi connectivity index (χ4n) is 4.15. The van der Waals surface area contributed by atoms with Crippen LogP contribution >= 0.6 is 0 Å². The maximum Gasteiger partial charge on any atom is 3.00 e. The van der Waals surface area contributed by atoms with E-state index in [-0.39, 0.29) is 46.5 Å². The van der Waals surface area contributed by atoms with E-state index in [1.807, 2.05) is 0 Å². The van der Waals surface area contributed by atoms with Crippen LogP contribution in [0.5, 0.6) is 0 Å². The normalized spacial score (nSPS) is 20.7. The van der Waals surface area contributed by atoms with E-state index >= 15 is 0 Å². The monoisotopic (exact) mass is 425 g/mol. The number of allylic oxidation sites excluding steroid dienone is 6. The van der Waals surface area contributed by atoms with Crippen molar-refractivity contribution in [3.8, 4) is 0 Å². The third kappa shape index (κ3) is 3.91. The van der Waals surface area contributed by atoms with Crippen molar-refractivity contribution in [3.63, 3.8) is 0 Å². The zero-order valence-corrected chi connectivity index (χ0v) is 17.9. The smallest absolute Gasteiger partial charge is 1.00 e. The minimum absolute atomic E-state index is 0. The Morgan fingerprint density at radius 2 is 1.37 bits per heavy atom.